The van der Waals surface area contributed by atoms with Crippen LogP contribution in [-0.4, -0.2) is 46.2 Å². The second-order valence-electron chi connectivity index (χ2n) is 6.24. The van der Waals surface area contributed by atoms with Crippen molar-refractivity contribution in [3.05, 3.63) is 45.1 Å². The molecule has 7 nitrogen and oxygen atoms in total. The van der Waals surface area contributed by atoms with Crippen molar-refractivity contribution in [2.45, 2.75) is 38.8 Å². The third-order valence-electron chi connectivity index (χ3n) is 4.59. The van der Waals surface area contributed by atoms with Crippen molar-refractivity contribution < 1.29 is 9.53 Å². The first-order valence-electron chi connectivity index (χ1n) is 8.71. The van der Waals surface area contributed by atoms with Gasteiger partial charge < -0.3 is 9.64 Å². The lowest BCUT2D eigenvalue weighted by atomic mass is 10.1. The highest BCUT2D eigenvalue weighted by Gasteiger charge is 2.23. The maximum atomic E-state index is 12.5. The highest BCUT2D eigenvalue weighted by Crippen LogP contribution is 2.15. The minimum atomic E-state index is -0.484. The third kappa shape index (κ3) is 3.82. The van der Waals surface area contributed by atoms with Gasteiger partial charge in [0.15, 0.2) is 0 Å². The lowest BCUT2D eigenvalue weighted by molar-refractivity contribution is -0.135. The van der Waals surface area contributed by atoms with E-state index >= 15 is 0 Å². The largest absolute Gasteiger partial charge is 0.377 e. The Balaban J connectivity index is 1.73. The van der Waals surface area contributed by atoms with Crippen LogP contribution >= 0.6 is 0 Å². The molecule has 1 aromatic heterocycles. The van der Waals surface area contributed by atoms with Gasteiger partial charge in [0.05, 0.1) is 17.0 Å². The average molecular weight is 345 g/mol. The first-order chi connectivity index (χ1) is 12.1. The van der Waals surface area contributed by atoms with Gasteiger partial charge in [0, 0.05) is 32.7 Å². The molecule has 1 aromatic carbocycles. The number of ether oxygens (including phenoxy) is 1. The van der Waals surface area contributed by atoms with Crippen LogP contribution in [0, 0.1) is 0 Å². The fourth-order valence-corrected chi connectivity index (χ4v) is 3.37. The SMILES string of the molecule is CCOC1CCCN(C(=O)CCn2c(=O)[nH]c(=O)c3ccccc32)C1. The van der Waals surface area contributed by atoms with Crippen molar-refractivity contribution in [3.8, 4) is 0 Å². The zero-order valence-electron chi connectivity index (χ0n) is 14.4. The standard InChI is InChI=1S/C18H23N3O4/c1-2-25-13-6-5-10-20(12-13)16(22)9-11-21-15-8-4-3-7-14(15)17(23)19-18(21)24/h3-4,7-8,13H,2,5-6,9-12H2,1H3,(H,19,23,24). The molecule has 0 radical (unpaired) electrons. The normalized spacial score (nSPS) is 17.8. The van der Waals surface area contributed by atoms with Gasteiger partial charge in [-0.2, -0.15) is 0 Å². The van der Waals surface area contributed by atoms with E-state index in [9.17, 15) is 14.4 Å². The summed E-state index contributed by atoms with van der Waals surface area (Å²) in [7, 11) is 0. The Bertz CT molecular complexity index is 868. The molecule has 134 valence electrons. The second kappa shape index (κ2) is 7.65. The molecule has 2 aromatic rings. The average Bonchev–Trinajstić information content (AvgIpc) is 2.62. The van der Waals surface area contributed by atoms with E-state index in [4.69, 9.17) is 4.74 Å². The van der Waals surface area contributed by atoms with E-state index in [-0.39, 0.29) is 25.0 Å². The van der Waals surface area contributed by atoms with Gasteiger partial charge in [0.25, 0.3) is 5.56 Å². The number of hydrogen-bond acceptors (Lipinski definition) is 4. The molecule has 1 aliphatic heterocycles. The van der Waals surface area contributed by atoms with E-state index in [0.29, 0.717) is 24.1 Å². The van der Waals surface area contributed by atoms with Crippen molar-refractivity contribution in [1.82, 2.24) is 14.5 Å². The number of aromatic nitrogens is 2. The number of carbonyl (C=O) groups is 1. The van der Waals surface area contributed by atoms with Gasteiger partial charge in [0.1, 0.15) is 0 Å². The summed E-state index contributed by atoms with van der Waals surface area (Å²) in [4.78, 5) is 40.7. The molecule has 1 aliphatic rings. The van der Waals surface area contributed by atoms with E-state index in [1.54, 1.807) is 24.3 Å². The summed E-state index contributed by atoms with van der Waals surface area (Å²) in [6.45, 7) is 4.17. The quantitative estimate of drug-likeness (QED) is 0.880. The van der Waals surface area contributed by atoms with Gasteiger partial charge in [-0.05, 0) is 31.9 Å². The highest BCUT2D eigenvalue weighted by atomic mass is 16.5. The number of amides is 1. The summed E-state index contributed by atoms with van der Waals surface area (Å²) < 4.78 is 7.08. The molecule has 25 heavy (non-hydrogen) atoms. The lowest BCUT2D eigenvalue weighted by Crippen LogP contribution is -2.43. The molecular formula is C18H23N3O4. The van der Waals surface area contributed by atoms with Crippen molar-refractivity contribution >= 4 is 16.8 Å². The van der Waals surface area contributed by atoms with Gasteiger partial charge in [-0.3, -0.25) is 19.1 Å². The predicted molar refractivity (Wildman–Crippen MR) is 94.7 cm³/mol. The van der Waals surface area contributed by atoms with E-state index in [1.807, 2.05) is 11.8 Å². The van der Waals surface area contributed by atoms with Crippen molar-refractivity contribution in [1.29, 1.82) is 0 Å². The number of aromatic amines is 1. The number of nitrogens with zero attached hydrogens (tertiary/aromatic N) is 2. The van der Waals surface area contributed by atoms with Crippen molar-refractivity contribution in [2.24, 2.45) is 0 Å². The summed E-state index contributed by atoms with van der Waals surface area (Å²) in [6, 6.07) is 6.92. The molecule has 0 spiro atoms. The Morgan fingerprint density at radius 3 is 2.92 bits per heavy atom. The smallest absolute Gasteiger partial charge is 0.328 e. The fourth-order valence-electron chi connectivity index (χ4n) is 3.37. The summed E-state index contributed by atoms with van der Waals surface area (Å²) in [5.74, 6) is 0.00610. The molecule has 1 atom stereocenters. The summed E-state index contributed by atoms with van der Waals surface area (Å²) in [5.41, 5.74) is -0.337. The summed E-state index contributed by atoms with van der Waals surface area (Å²) in [6.07, 6.45) is 2.22. The zero-order valence-corrected chi connectivity index (χ0v) is 14.4. The highest BCUT2D eigenvalue weighted by molar-refractivity contribution is 5.79. The first-order valence-corrected chi connectivity index (χ1v) is 8.71. The van der Waals surface area contributed by atoms with Gasteiger partial charge in [-0.1, -0.05) is 12.1 Å². The molecule has 2 heterocycles. The van der Waals surface area contributed by atoms with E-state index < -0.39 is 11.2 Å². The molecule has 1 amide bonds. The molecular weight excluding hydrogens is 322 g/mol. The number of carbonyl (C=O) groups excluding carboxylic acids is 1. The number of para-hydroxylation sites is 1. The molecule has 0 bridgehead atoms. The van der Waals surface area contributed by atoms with Crippen LogP contribution in [0.25, 0.3) is 10.9 Å². The van der Waals surface area contributed by atoms with Crippen LogP contribution in [0.5, 0.6) is 0 Å². The Labute approximate surface area is 145 Å². The van der Waals surface area contributed by atoms with Crippen LogP contribution in [0.2, 0.25) is 0 Å². The topological polar surface area (TPSA) is 84.4 Å². The minimum absolute atomic E-state index is 0.00610. The van der Waals surface area contributed by atoms with Gasteiger partial charge in [0.2, 0.25) is 5.91 Å². The van der Waals surface area contributed by atoms with Crippen molar-refractivity contribution in [3.63, 3.8) is 0 Å². The van der Waals surface area contributed by atoms with Gasteiger partial charge >= 0.3 is 5.69 Å². The van der Waals surface area contributed by atoms with Crippen LogP contribution in [0.15, 0.2) is 33.9 Å². The summed E-state index contributed by atoms with van der Waals surface area (Å²) >= 11 is 0. The summed E-state index contributed by atoms with van der Waals surface area (Å²) in [5, 5.41) is 0.448. The maximum absolute atomic E-state index is 12.5. The van der Waals surface area contributed by atoms with Crippen molar-refractivity contribution in [2.75, 3.05) is 19.7 Å². The predicted octanol–water partition coefficient (Wildman–Crippen LogP) is 1.11. The fraction of sp³-hybridized carbons (Fsp3) is 0.500. The van der Waals surface area contributed by atoms with E-state index in [2.05, 4.69) is 4.98 Å². The van der Waals surface area contributed by atoms with Gasteiger partial charge in [-0.15, -0.1) is 0 Å². The minimum Gasteiger partial charge on any atom is -0.377 e. The molecule has 7 heteroatoms. The number of aryl methyl sites for hydroxylation is 1. The molecule has 3 rings (SSSR count). The second-order valence-corrected chi connectivity index (χ2v) is 6.24. The molecule has 0 saturated carbocycles. The lowest BCUT2D eigenvalue weighted by Gasteiger charge is -2.32. The van der Waals surface area contributed by atoms with Crippen LogP contribution in [0.1, 0.15) is 26.2 Å². The Hall–Kier alpha value is -2.41. The van der Waals surface area contributed by atoms with Gasteiger partial charge in [-0.25, -0.2) is 4.79 Å². The number of hydrogen-bond donors (Lipinski definition) is 1. The molecule has 1 saturated heterocycles. The number of likely N-dealkylation sites (tertiary alicyclic amines) is 1. The number of fused-ring (bicyclic) bond motifs is 1. The molecule has 1 N–H and O–H groups in total. The Morgan fingerprint density at radius 1 is 1.32 bits per heavy atom. The Kier molecular flexibility index (Phi) is 5.33. The van der Waals surface area contributed by atoms with Crippen LogP contribution in [0.4, 0.5) is 0 Å². The first kappa shape index (κ1) is 17.4. The number of nitrogens with one attached hydrogen (secondary N) is 1. The van der Waals surface area contributed by atoms with E-state index in [0.717, 1.165) is 19.4 Å². The number of rotatable bonds is 5. The molecule has 1 unspecified atom stereocenters. The number of piperidine rings is 1. The molecule has 1 fully saturated rings. The Morgan fingerprint density at radius 2 is 2.12 bits per heavy atom. The molecule has 0 aliphatic carbocycles. The van der Waals surface area contributed by atoms with Crippen LogP contribution in [0.3, 0.4) is 0 Å². The third-order valence-corrected chi connectivity index (χ3v) is 4.59. The number of H-pyrrole nitrogens is 1. The van der Waals surface area contributed by atoms with E-state index in [1.165, 1.54) is 4.57 Å². The monoisotopic (exact) mass is 345 g/mol. The zero-order chi connectivity index (χ0) is 17.8. The van der Waals surface area contributed by atoms with Crippen LogP contribution < -0.4 is 11.2 Å². The number of benzene rings is 1. The maximum Gasteiger partial charge on any atom is 0.328 e. The van der Waals surface area contributed by atoms with Crippen LogP contribution in [-0.2, 0) is 16.1 Å².